The minimum Gasteiger partial charge on any atom is -0.310 e. The molecule has 0 spiro atoms. The van der Waals surface area contributed by atoms with Gasteiger partial charge in [0.25, 0.3) is 0 Å². The highest BCUT2D eigenvalue weighted by atomic mass is 15.1. The largest absolute Gasteiger partial charge is 0.310 e. The van der Waals surface area contributed by atoms with Gasteiger partial charge in [-0.05, 0) is 128 Å². The standard InChI is InChI=1S/C61H44N2/c1-61(2)56-26-14-11-24-52(56)53-33-32-49(40-57(53)61)62(48-31-29-43-21-9-10-22-44(43)36-48)58-27-15-12-23-51(58)45-30-34-60-55(39-45)54-25-13-16-28-59(54)63(60)50-37-46(41-17-5-3-6-18-41)35-47(38-50)42-19-7-4-8-20-42/h3-40H,1-2H3. The lowest BCUT2D eigenvalue weighted by molar-refractivity contribution is 0.660. The first-order valence-corrected chi connectivity index (χ1v) is 21.9. The number of nitrogens with zero attached hydrogens (tertiary/aromatic N) is 2. The molecule has 0 saturated carbocycles. The third-order valence-electron chi connectivity index (χ3n) is 13.3. The predicted octanol–water partition coefficient (Wildman–Crippen LogP) is 16.7. The van der Waals surface area contributed by atoms with Crippen molar-refractivity contribution in [2.24, 2.45) is 0 Å². The molecule has 1 aromatic heterocycles. The molecular weight excluding hydrogens is 761 g/mol. The van der Waals surface area contributed by atoms with Gasteiger partial charge in [0.15, 0.2) is 0 Å². The summed E-state index contributed by atoms with van der Waals surface area (Å²) in [6.07, 6.45) is 0. The van der Waals surface area contributed by atoms with Gasteiger partial charge in [0.2, 0.25) is 0 Å². The highest BCUT2D eigenvalue weighted by Gasteiger charge is 2.36. The van der Waals surface area contributed by atoms with Crippen LogP contribution in [0.25, 0.3) is 82.8 Å². The van der Waals surface area contributed by atoms with Gasteiger partial charge >= 0.3 is 0 Å². The van der Waals surface area contributed by atoms with E-state index in [1.165, 1.54) is 88.2 Å². The van der Waals surface area contributed by atoms with Crippen LogP contribution in [0.4, 0.5) is 17.1 Å². The zero-order valence-electron chi connectivity index (χ0n) is 35.3. The van der Waals surface area contributed by atoms with Gasteiger partial charge in [0.05, 0.1) is 16.7 Å². The van der Waals surface area contributed by atoms with Gasteiger partial charge < -0.3 is 9.47 Å². The second-order valence-electron chi connectivity index (χ2n) is 17.4. The van der Waals surface area contributed by atoms with Crippen molar-refractivity contribution in [2.75, 3.05) is 4.90 Å². The quantitative estimate of drug-likeness (QED) is 0.156. The maximum Gasteiger partial charge on any atom is 0.0541 e. The number of anilines is 3. The van der Waals surface area contributed by atoms with Crippen LogP contribution in [-0.2, 0) is 5.41 Å². The Morgan fingerprint density at radius 3 is 1.71 bits per heavy atom. The fourth-order valence-electron chi connectivity index (χ4n) is 10.2. The maximum atomic E-state index is 2.47. The van der Waals surface area contributed by atoms with Crippen molar-refractivity contribution in [3.63, 3.8) is 0 Å². The molecule has 1 aliphatic rings. The van der Waals surface area contributed by atoms with Crippen molar-refractivity contribution in [3.05, 3.63) is 242 Å². The van der Waals surface area contributed by atoms with Gasteiger partial charge in [-0.3, -0.25) is 0 Å². The van der Waals surface area contributed by atoms with E-state index in [0.29, 0.717) is 0 Å². The number of para-hydroxylation sites is 2. The zero-order valence-corrected chi connectivity index (χ0v) is 35.3. The Balaban J connectivity index is 1.05. The van der Waals surface area contributed by atoms with E-state index in [4.69, 9.17) is 0 Å². The summed E-state index contributed by atoms with van der Waals surface area (Å²) in [4.78, 5) is 2.47. The van der Waals surface area contributed by atoms with E-state index < -0.39 is 0 Å². The summed E-state index contributed by atoms with van der Waals surface area (Å²) in [5.74, 6) is 0. The van der Waals surface area contributed by atoms with Crippen molar-refractivity contribution in [1.82, 2.24) is 4.57 Å². The molecular formula is C61H44N2. The molecule has 1 aliphatic carbocycles. The molecule has 298 valence electrons. The molecule has 1 heterocycles. The molecule has 0 unspecified atom stereocenters. The molecule has 12 rings (SSSR count). The lowest BCUT2D eigenvalue weighted by Crippen LogP contribution is -2.16. The summed E-state index contributed by atoms with van der Waals surface area (Å²) in [5.41, 5.74) is 19.3. The van der Waals surface area contributed by atoms with Crippen LogP contribution in [0, 0.1) is 0 Å². The molecule has 0 fully saturated rings. The number of fused-ring (bicyclic) bond motifs is 7. The molecule has 0 aliphatic heterocycles. The number of benzene rings is 10. The number of hydrogen-bond acceptors (Lipinski definition) is 1. The van der Waals surface area contributed by atoms with E-state index in [0.717, 1.165) is 22.7 Å². The van der Waals surface area contributed by atoms with E-state index in [-0.39, 0.29) is 5.41 Å². The number of hydrogen-bond donors (Lipinski definition) is 0. The first kappa shape index (κ1) is 36.9. The Morgan fingerprint density at radius 1 is 0.349 bits per heavy atom. The van der Waals surface area contributed by atoms with Crippen molar-refractivity contribution in [3.8, 4) is 50.2 Å². The topological polar surface area (TPSA) is 8.17 Å². The Labute approximate surface area is 368 Å². The lowest BCUT2D eigenvalue weighted by atomic mass is 9.82. The molecule has 11 aromatic rings. The molecule has 10 aromatic carbocycles. The van der Waals surface area contributed by atoms with Crippen LogP contribution in [0.5, 0.6) is 0 Å². The Bertz CT molecular complexity index is 3480. The minimum atomic E-state index is -0.127. The molecule has 0 atom stereocenters. The number of aromatic nitrogens is 1. The normalized spacial score (nSPS) is 12.7. The van der Waals surface area contributed by atoms with Gasteiger partial charge in [-0.15, -0.1) is 0 Å². The van der Waals surface area contributed by atoms with E-state index in [1.54, 1.807) is 0 Å². The van der Waals surface area contributed by atoms with E-state index in [9.17, 15) is 0 Å². The summed E-state index contributed by atoms with van der Waals surface area (Å²) < 4.78 is 2.45. The van der Waals surface area contributed by atoms with Crippen molar-refractivity contribution in [1.29, 1.82) is 0 Å². The summed E-state index contributed by atoms with van der Waals surface area (Å²) in [6.45, 7) is 4.73. The van der Waals surface area contributed by atoms with Crippen LogP contribution in [0.15, 0.2) is 231 Å². The Morgan fingerprint density at radius 2 is 0.937 bits per heavy atom. The van der Waals surface area contributed by atoms with Gasteiger partial charge in [-0.2, -0.15) is 0 Å². The highest BCUT2D eigenvalue weighted by molar-refractivity contribution is 6.11. The van der Waals surface area contributed by atoms with Crippen molar-refractivity contribution >= 4 is 49.6 Å². The molecule has 0 radical (unpaired) electrons. The third-order valence-corrected chi connectivity index (χ3v) is 13.3. The van der Waals surface area contributed by atoms with Gasteiger partial charge in [0, 0.05) is 38.8 Å². The number of rotatable bonds is 7. The SMILES string of the molecule is CC1(C)c2ccccc2-c2ccc(N(c3ccc4ccccc4c3)c3ccccc3-c3ccc4c(c3)c3ccccc3n4-c3cc(-c4ccccc4)cc(-c4ccccc4)c3)cc21. The van der Waals surface area contributed by atoms with Crippen LogP contribution in [0.2, 0.25) is 0 Å². The highest BCUT2D eigenvalue weighted by Crippen LogP contribution is 2.51. The maximum absolute atomic E-state index is 2.47. The molecule has 63 heavy (non-hydrogen) atoms. The molecule has 2 nitrogen and oxygen atoms in total. The van der Waals surface area contributed by atoms with Gasteiger partial charge in [-0.25, -0.2) is 0 Å². The van der Waals surface area contributed by atoms with Crippen LogP contribution in [-0.4, -0.2) is 4.57 Å². The Kier molecular flexibility index (Phi) is 8.55. The average molecular weight is 805 g/mol. The fraction of sp³-hybridized carbons (Fsp3) is 0.0492. The van der Waals surface area contributed by atoms with Gasteiger partial charge in [-0.1, -0.05) is 178 Å². The molecule has 0 N–H and O–H groups in total. The summed E-state index contributed by atoms with van der Waals surface area (Å²) in [5, 5.41) is 4.89. The first-order chi connectivity index (χ1) is 31.0. The van der Waals surface area contributed by atoms with E-state index in [2.05, 4.69) is 254 Å². The minimum absolute atomic E-state index is 0.127. The second-order valence-corrected chi connectivity index (χ2v) is 17.4. The van der Waals surface area contributed by atoms with Gasteiger partial charge in [0.1, 0.15) is 0 Å². The second kappa shape index (κ2) is 14.6. The Hall–Kier alpha value is -7.94. The van der Waals surface area contributed by atoms with Crippen LogP contribution in [0.3, 0.4) is 0 Å². The molecule has 0 bridgehead atoms. The van der Waals surface area contributed by atoms with Crippen LogP contribution in [0.1, 0.15) is 25.0 Å². The molecule has 0 amide bonds. The third kappa shape index (κ3) is 6.09. The summed E-state index contributed by atoms with van der Waals surface area (Å²) >= 11 is 0. The average Bonchev–Trinajstić information content (AvgIpc) is 3.79. The molecule has 0 saturated heterocycles. The summed E-state index contributed by atoms with van der Waals surface area (Å²) in [7, 11) is 0. The first-order valence-electron chi connectivity index (χ1n) is 21.9. The van der Waals surface area contributed by atoms with E-state index in [1.807, 2.05) is 0 Å². The van der Waals surface area contributed by atoms with Crippen molar-refractivity contribution in [2.45, 2.75) is 19.3 Å². The lowest BCUT2D eigenvalue weighted by Gasteiger charge is -2.30. The molecule has 2 heteroatoms. The zero-order chi connectivity index (χ0) is 42.1. The van der Waals surface area contributed by atoms with Crippen LogP contribution >= 0.6 is 0 Å². The van der Waals surface area contributed by atoms with E-state index >= 15 is 0 Å². The van der Waals surface area contributed by atoms with Crippen molar-refractivity contribution < 1.29 is 0 Å². The predicted molar refractivity (Wildman–Crippen MR) is 267 cm³/mol. The monoisotopic (exact) mass is 804 g/mol. The fourth-order valence-corrected chi connectivity index (χ4v) is 10.2. The smallest absolute Gasteiger partial charge is 0.0541 e. The van der Waals surface area contributed by atoms with Crippen LogP contribution < -0.4 is 4.90 Å². The summed E-state index contributed by atoms with van der Waals surface area (Å²) in [6, 6.07) is 84.8.